The summed E-state index contributed by atoms with van der Waals surface area (Å²) in [6, 6.07) is 71.1. The zero-order valence-electron chi connectivity index (χ0n) is 28.5. The fraction of sp³-hybridized carbons (Fsp3) is 0. The van der Waals surface area contributed by atoms with Crippen molar-refractivity contribution in [2.45, 2.75) is 0 Å². The Kier molecular flexibility index (Phi) is 7.97. The van der Waals surface area contributed by atoms with Crippen molar-refractivity contribution >= 4 is 55.1 Å². The number of hydrogen-bond acceptors (Lipinski definition) is 1. The Morgan fingerprint density at radius 3 is 1.38 bits per heavy atom. The summed E-state index contributed by atoms with van der Waals surface area (Å²) in [5.74, 6) is 0. The van der Waals surface area contributed by atoms with Crippen LogP contribution < -0.4 is 0 Å². The normalized spacial score (nSPS) is 11.6. The van der Waals surface area contributed by atoms with Crippen LogP contribution in [0.15, 0.2) is 194 Å². The molecule has 0 amide bonds. The average Bonchev–Trinajstić information content (AvgIpc) is 3.22. The summed E-state index contributed by atoms with van der Waals surface area (Å²) in [4.78, 5) is 0. The van der Waals surface area contributed by atoms with Crippen molar-refractivity contribution in [1.82, 2.24) is 0 Å². The minimum Gasteiger partial charge on any atom is -0.192 e. The van der Waals surface area contributed by atoms with Crippen molar-refractivity contribution in [2.75, 3.05) is 0 Å². The second-order valence-corrected chi connectivity index (χ2v) is 13.2. The summed E-state index contributed by atoms with van der Waals surface area (Å²) < 4.78 is 0. The molecule has 9 aromatic carbocycles. The van der Waals surface area contributed by atoms with Crippen molar-refractivity contribution < 1.29 is 0 Å². The van der Waals surface area contributed by atoms with Gasteiger partial charge in [0.15, 0.2) is 0 Å². The van der Waals surface area contributed by atoms with E-state index >= 15 is 0 Å². The Morgan fingerprint density at radius 1 is 0.385 bits per heavy atom. The fourth-order valence-corrected chi connectivity index (χ4v) is 7.63. The van der Waals surface area contributed by atoms with Gasteiger partial charge in [0, 0.05) is 0 Å². The third kappa shape index (κ3) is 5.63. The number of nitriles is 1. The van der Waals surface area contributed by atoms with Crippen LogP contribution in [0.25, 0.3) is 66.2 Å². The van der Waals surface area contributed by atoms with E-state index in [1.807, 2.05) is 6.08 Å². The highest BCUT2D eigenvalue weighted by Crippen LogP contribution is 2.40. The molecule has 1 nitrogen and oxygen atoms in total. The molecule has 0 saturated heterocycles. The van der Waals surface area contributed by atoms with Crippen LogP contribution in [-0.2, 0) is 0 Å². The van der Waals surface area contributed by atoms with Gasteiger partial charge in [0.2, 0.25) is 0 Å². The predicted octanol–water partition coefficient (Wildman–Crippen LogP) is 13.3. The summed E-state index contributed by atoms with van der Waals surface area (Å²) in [6.45, 7) is 0. The molecule has 52 heavy (non-hydrogen) atoms. The number of allylic oxidation sites excluding steroid dienone is 1. The molecule has 0 radical (unpaired) electrons. The van der Waals surface area contributed by atoms with Gasteiger partial charge in [-0.25, -0.2) is 0 Å². The molecule has 0 aliphatic heterocycles. The Hall–Kier alpha value is -7.01. The van der Waals surface area contributed by atoms with E-state index in [4.69, 9.17) is 0 Å². The molecule has 0 heterocycles. The summed E-state index contributed by atoms with van der Waals surface area (Å²) in [7, 11) is 0. The van der Waals surface area contributed by atoms with E-state index in [0.717, 1.165) is 44.5 Å². The van der Waals surface area contributed by atoms with E-state index in [1.165, 1.54) is 43.5 Å². The largest absolute Gasteiger partial charge is 0.192 e. The lowest BCUT2D eigenvalue weighted by molar-refractivity contribution is 1.49. The summed E-state index contributed by atoms with van der Waals surface area (Å²) in [6.07, 6.45) is 1.98. The smallest absolute Gasteiger partial charge is 0.0998 e. The highest BCUT2D eigenvalue weighted by molar-refractivity contribution is 6.25. The van der Waals surface area contributed by atoms with E-state index < -0.39 is 0 Å². The van der Waals surface area contributed by atoms with Crippen LogP contribution in [0.2, 0.25) is 0 Å². The van der Waals surface area contributed by atoms with Crippen LogP contribution >= 0.6 is 0 Å². The molecule has 0 atom stereocenters. The number of hydrogen-bond donors (Lipinski definition) is 0. The van der Waals surface area contributed by atoms with Gasteiger partial charge in [-0.15, -0.1) is 0 Å². The molecule has 9 aromatic rings. The van der Waals surface area contributed by atoms with E-state index in [1.54, 1.807) is 0 Å². The maximum Gasteiger partial charge on any atom is 0.0998 e. The van der Waals surface area contributed by atoms with Crippen LogP contribution in [0.3, 0.4) is 0 Å². The fourth-order valence-electron chi connectivity index (χ4n) is 7.63. The molecule has 1 heteroatoms. The third-order valence-corrected chi connectivity index (χ3v) is 10.1. The predicted molar refractivity (Wildman–Crippen MR) is 220 cm³/mol. The van der Waals surface area contributed by atoms with Crippen LogP contribution in [-0.4, -0.2) is 0 Å². The average molecular weight is 660 g/mol. The molecule has 242 valence electrons. The van der Waals surface area contributed by atoms with Crippen LogP contribution in [0.5, 0.6) is 0 Å². The minimum atomic E-state index is 0.628. The summed E-state index contributed by atoms with van der Waals surface area (Å²) in [5, 5.41) is 18.0. The van der Waals surface area contributed by atoms with Crippen molar-refractivity contribution in [3.8, 4) is 17.2 Å². The zero-order chi connectivity index (χ0) is 34.9. The van der Waals surface area contributed by atoms with Crippen molar-refractivity contribution in [3.63, 3.8) is 0 Å². The van der Waals surface area contributed by atoms with Gasteiger partial charge in [0.1, 0.15) is 0 Å². The van der Waals surface area contributed by atoms with Gasteiger partial charge in [-0.3, -0.25) is 0 Å². The van der Waals surface area contributed by atoms with Crippen LogP contribution in [0, 0.1) is 11.3 Å². The second-order valence-electron chi connectivity index (χ2n) is 13.2. The SMILES string of the molecule is N#C/C(=C\c1ccc(C(=C(c2ccccc2)c2ccccc2)c2ccccc2)cc1)c1ccc(-c2ccc3ccc4cccc5ccc2c3c45)cc1. The maximum atomic E-state index is 10.3. The molecule has 0 N–H and O–H groups in total. The zero-order valence-corrected chi connectivity index (χ0v) is 28.5. The standard InChI is InChI=1S/C51H33N/c52-34-45(36-23-25-37(26-24-36)46-31-29-44-28-27-41-17-10-18-42-30-32-47(46)51(44)50(41)42)33-35-19-21-43(22-20-35)49(40-15-8-3-9-16-40)48(38-11-4-1-5-12-38)39-13-6-2-7-14-39/h1-33H/b45-33+. The van der Waals surface area contributed by atoms with Crippen molar-refractivity contribution in [1.29, 1.82) is 5.26 Å². The van der Waals surface area contributed by atoms with Crippen LogP contribution in [0.1, 0.15) is 33.4 Å². The lowest BCUT2D eigenvalue weighted by Gasteiger charge is -2.18. The molecule has 9 rings (SSSR count). The monoisotopic (exact) mass is 659 g/mol. The molecule has 0 unspecified atom stereocenters. The van der Waals surface area contributed by atoms with Crippen molar-refractivity contribution in [2.24, 2.45) is 0 Å². The topological polar surface area (TPSA) is 23.8 Å². The van der Waals surface area contributed by atoms with E-state index in [2.05, 4.69) is 200 Å². The third-order valence-electron chi connectivity index (χ3n) is 10.1. The Balaban J connectivity index is 1.08. The van der Waals surface area contributed by atoms with Gasteiger partial charge in [-0.1, -0.05) is 194 Å². The Labute approximate surface area is 304 Å². The molecule has 0 bridgehead atoms. The molecular formula is C51H33N. The van der Waals surface area contributed by atoms with Gasteiger partial charge in [0.05, 0.1) is 11.6 Å². The molecule has 0 spiro atoms. The maximum absolute atomic E-state index is 10.3. The second kappa shape index (κ2) is 13.4. The number of nitrogens with zero attached hydrogens (tertiary/aromatic N) is 1. The molecule has 0 saturated carbocycles. The first-order valence-corrected chi connectivity index (χ1v) is 17.7. The molecule has 0 aliphatic rings. The molecular weight excluding hydrogens is 627 g/mol. The van der Waals surface area contributed by atoms with E-state index in [-0.39, 0.29) is 0 Å². The molecule has 0 fully saturated rings. The highest BCUT2D eigenvalue weighted by atomic mass is 14.3. The Morgan fingerprint density at radius 2 is 0.846 bits per heavy atom. The highest BCUT2D eigenvalue weighted by Gasteiger charge is 2.16. The lowest BCUT2D eigenvalue weighted by atomic mass is 9.85. The van der Waals surface area contributed by atoms with E-state index in [0.29, 0.717) is 5.57 Å². The van der Waals surface area contributed by atoms with Crippen LogP contribution in [0.4, 0.5) is 0 Å². The quantitative estimate of drug-likeness (QED) is 0.0949. The first-order chi connectivity index (χ1) is 25.7. The van der Waals surface area contributed by atoms with Gasteiger partial charge in [-0.2, -0.15) is 5.26 Å². The number of rotatable bonds is 7. The number of benzene rings is 9. The van der Waals surface area contributed by atoms with Gasteiger partial charge >= 0.3 is 0 Å². The Bertz CT molecular complexity index is 2730. The van der Waals surface area contributed by atoms with Gasteiger partial charge in [-0.05, 0) is 94.0 Å². The summed E-state index contributed by atoms with van der Waals surface area (Å²) >= 11 is 0. The molecule has 0 aromatic heterocycles. The minimum absolute atomic E-state index is 0.628. The van der Waals surface area contributed by atoms with Gasteiger partial charge in [0.25, 0.3) is 0 Å². The van der Waals surface area contributed by atoms with Gasteiger partial charge < -0.3 is 0 Å². The lowest BCUT2D eigenvalue weighted by Crippen LogP contribution is -1.97. The van der Waals surface area contributed by atoms with Crippen molar-refractivity contribution in [3.05, 3.63) is 228 Å². The first-order valence-electron chi connectivity index (χ1n) is 17.7. The van der Waals surface area contributed by atoms with E-state index in [9.17, 15) is 5.26 Å². The first kappa shape index (κ1) is 31.0. The summed E-state index contributed by atoms with van der Waals surface area (Å²) in [5.41, 5.74) is 11.8. The molecule has 0 aliphatic carbocycles.